The van der Waals surface area contributed by atoms with Gasteiger partial charge in [-0.2, -0.15) is 5.10 Å². The van der Waals surface area contributed by atoms with Crippen LogP contribution < -0.4 is 11.1 Å². The van der Waals surface area contributed by atoms with Gasteiger partial charge in [0.1, 0.15) is 17.1 Å². The molecule has 0 atom stereocenters. The van der Waals surface area contributed by atoms with E-state index in [0.29, 0.717) is 17.7 Å². The summed E-state index contributed by atoms with van der Waals surface area (Å²) in [7, 11) is 1.50. The minimum absolute atomic E-state index is 0.112. The van der Waals surface area contributed by atoms with E-state index in [1.165, 1.54) is 42.8 Å². The Hall–Kier alpha value is -5.84. The van der Waals surface area contributed by atoms with Crippen LogP contribution in [-0.2, 0) is 12.8 Å². The number of phenols is 1. The maximum atomic E-state index is 11.1. The summed E-state index contributed by atoms with van der Waals surface area (Å²) in [6.07, 6.45) is 9.26. The van der Waals surface area contributed by atoms with Crippen molar-refractivity contribution >= 4 is 29.2 Å². The third-order valence-corrected chi connectivity index (χ3v) is 7.29. The lowest BCUT2D eigenvalue weighted by Gasteiger charge is -2.12. The van der Waals surface area contributed by atoms with Gasteiger partial charge in [0.2, 0.25) is 0 Å². The Morgan fingerprint density at radius 3 is 2.63 bits per heavy atom. The summed E-state index contributed by atoms with van der Waals surface area (Å²) >= 11 is 0. The second-order valence-corrected chi connectivity index (χ2v) is 9.95. The number of hydrogen-bond acceptors (Lipinski definition) is 8. The number of amides is 1. The smallest absolute Gasteiger partial charge is 0.251 e. The minimum atomic E-state index is -0.289. The molecule has 0 spiro atoms. The molecular formula is C32H28N8O3. The number of carbonyl (C=O) groups is 2. The number of nitrogens with two attached hydrogens (primary N) is 1. The first-order valence-corrected chi connectivity index (χ1v) is 13.7. The van der Waals surface area contributed by atoms with Gasteiger partial charge >= 0.3 is 0 Å². The molecule has 0 radical (unpaired) electrons. The average Bonchev–Trinajstić information content (AvgIpc) is 3.81. The number of nitrogens with one attached hydrogen (secondary N) is 1. The Bertz CT molecular complexity index is 1960. The molecule has 4 aromatic heterocycles. The number of phenolic OH excluding ortho intramolecular Hbond substituents is 1. The second-order valence-electron chi connectivity index (χ2n) is 9.95. The van der Waals surface area contributed by atoms with Crippen molar-refractivity contribution in [1.29, 1.82) is 0 Å². The van der Waals surface area contributed by atoms with E-state index in [2.05, 4.69) is 38.2 Å². The Balaban J connectivity index is 0.000000214. The number of carbonyl (C=O) groups excluding carboxylic acids is 2. The molecule has 0 aliphatic heterocycles. The van der Waals surface area contributed by atoms with Gasteiger partial charge in [-0.15, -0.1) is 0 Å². The van der Waals surface area contributed by atoms with E-state index < -0.39 is 0 Å². The normalized spacial score (nSPS) is 11.9. The number of benzene rings is 2. The first kappa shape index (κ1) is 27.3. The van der Waals surface area contributed by atoms with Crippen LogP contribution in [0.4, 0.5) is 5.82 Å². The quantitative estimate of drug-likeness (QED) is 0.258. The highest BCUT2D eigenvalue weighted by Gasteiger charge is 2.20. The number of fused-ring (bicyclic) bond motifs is 2. The summed E-state index contributed by atoms with van der Waals surface area (Å²) in [4.78, 5) is 35.5. The number of imidazole rings is 1. The summed E-state index contributed by atoms with van der Waals surface area (Å²) in [5.74, 6) is 1.51. The molecule has 214 valence electrons. The van der Waals surface area contributed by atoms with E-state index in [0.717, 1.165) is 46.9 Å². The highest BCUT2D eigenvalue weighted by molar-refractivity contribution is 5.96. The van der Waals surface area contributed by atoms with E-state index in [1.54, 1.807) is 17.1 Å². The summed E-state index contributed by atoms with van der Waals surface area (Å²) in [5, 5.41) is 15.9. The first-order valence-electron chi connectivity index (χ1n) is 13.7. The van der Waals surface area contributed by atoms with Gasteiger partial charge in [-0.3, -0.25) is 14.2 Å². The van der Waals surface area contributed by atoms with E-state index in [-0.39, 0.29) is 17.2 Å². The fourth-order valence-corrected chi connectivity index (χ4v) is 5.14. The molecule has 1 aliphatic rings. The molecule has 1 aliphatic carbocycles. The SMILES string of the molecule is CNC(=O)c1ccc(O)c(C=O)c1.Nc1ncccc1-c1nc2ccc(-n3cccn3)nc2n1-c1ccc2c(c1)CCC2. The molecular weight excluding hydrogens is 544 g/mol. The molecule has 0 saturated heterocycles. The van der Waals surface area contributed by atoms with Crippen LogP contribution in [0.2, 0.25) is 0 Å². The van der Waals surface area contributed by atoms with Crippen molar-refractivity contribution in [1.82, 2.24) is 34.6 Å². The lowest BCUT2D eigenvalue weighted by molar-refractivity contribution is 0.0963. The summed E-state index contributed by atoms with van der Waals surface area (Å²) in [5.41, 5.74) is 12.9. The number of nitrogen functional groups attached to an aromatic ring is 1. The molecule has 11 heteroatoms. The minimum Gasteiger partial charge on any atom is -0.507 e. The topological polar surface area (TPSA) is 154 Å². The van der Waals surface area contributed by atoms with E-state index in [4.69, 9.17) is 20.8 Å². The largest absolute Gasteiger partial charge is 0.507 e. The molecule has 4 heterocycles. The summed E-state index contributed by atoms with van der Waals surface area (Å²) < 4.78 is 3.83. The van der Waals surface area contributed by atoms with Gasteiger partial charge in [0.25, 0.3) is 5.91 Å². The zero-order valence-corrected chi connectivity index (χ0v) is 23.3. The molecule has 7 rings (SSSR count). The van der Waals surface area contributed by atoms with Gasteiger partial charge in [0, 0.05) is 36.9 Å². The second kappa shape index (κ2) is 11.6. The van der Waals surface area contributed by atoms with Crippen LogP contribution in [0.1, 0.15) is 38.3 Å². The molecule has 0 bridgehead atoms. The zero-order valence-electron chi connectivity index (χ0n) is 23.3. The first-order chi connectivity index (χ1) is 21.0. The van der Waals surface area contributed by atoms with Gasteiger partial charge in [-0.05, 0) is 91.1 Å². The van der Waals surface area contributed by atoms with Gasteiger partial charge in [-0.25, -0.2) is 19.6 Å². The number of nitrogens with zero attached hydrogens (tertiary/aromatic N) is 6. The summed E-state index contributed by atoms with van der Waals surface area (Å²) in [6, 6.07) is 20.3. The Labute approximate surface area is 246 Å². The zero-order chi connectivity index (χ0) is 29.9. The molecule has 6 aromatic rings. The highest BCUT2D eigenvalue weighted by Crippen LogP contribution is 2.32. The number of aromatic hydroxyl groups is 1. The monoisotopic (exact) mass is 572 g/mol. The van der Waals surface area contributed by atoms with Crippen LogP contribution in [0.5, 0.6) is 5.75 Å². The molecule has 0 saturated carbocycles. The van der Waals surface area contributed by atoms with Crippen molar-refractivity contribution in [3.8, 4) is 28.6 Å². The molecule has 4 N–H and O–H groups in total. The maximum absolute atomic E-state index is 11.1. The van der Waals surface area contributed by atoms with Crippen molar-refractivity contribution in [2.24, 2.45) is 0 Å². The number of aldehydes is 1. The van der Waals surface area contributed by atoms with Crippen molar-refractivity contribution in [3.63, 3.8) is 0 Å². The third kappa shape index (κ3) is 5.31. The Morgan fingerprint density at radius 1 is 1.00 bits per heavy atom. The number of rotatable bonds is 5. The van der Waals surface area contributed by atoms with Crippen LogP contribution in [0.15, 0.2) is 85.3 Å². The number of pyridine rings is 2. The van der Waals surface area contributed by atoms with Gasteiger partial charge < -0.3 is 16.2 Å². The predicted molar refractivity (Wildman–Crippen MR) is 163 cm³/mol. The van der Waals surface area contributed by atoms with Crippen molar-refractivity contribution in [2.45, 2.75) is 19.3 Å². The lowest BCUT2D eigenvalue weighted by Crippen LogP contribution is -2.17. The van der Waals surface area contributed by atoms with Crippen molar-refractivity contribution in [3.05, 3.63) is 108 Å². The average molecular weight is 573 g/mol. The highest BCUT2D eigenvalue weighted by atomic mass is 16.3. The molecule has 0 fully saturated rings. The Morgan fingerprint density at radius 2 is 1.86 bits per heavy atom. The van der Waals surface area contributed by atoms with Gasteiger partial charge in [0.15, 0.2) is 23.6 Å². The summed E-state index contributed by atoms with van der Waals surface area (Å²) in [6.45, 7) is 0. The molecule has 11 nitrogen and oxygen atoms in total. The van der Waals surface area contributed by atoms with Crippen molar-refractivity contribution < 1.29 is 14.7 Å². The number of aryl methyl sites for hydroxylation is 2. The van der Waals surface area contributed by atoms with Crippen LogP contribution in [0, 0.1) is 0 Å². The predicted octanol–water partition coefficient (Wildman–Crippen LogP) is 4.30. The van der Waals surface area contributed by atoms with Gasteiger partial charge in [-0.1, -0.05) is 6.07 Å². The van der Waals surface area contributed by atoms with E-state index in [9.17, 15) is 9.59 Å². The number of hydrogen-bond donors (Lipinski definition) is 3. The van der Waals surface area contributed by atoms with Crippen LogP contribution in [-0.4, -0.2) is 53.6 Å². The number of aromatic nitrogens is 6. The fraction of sp³-hybridized carbons (Fsp3) is 0.125. The van der Waals surface area contributed by atoms with Crippen LogP contribution in [0.3, 0.4) is 0 Å². The van der Waals surface area contributed by atoms with Crippen molar-refractivity contribution in [2.75, 3.05) is 12.8 Å². The van der Waals surface area contributed by atoms with Gasteiger partial charge in [0.05, 0.1) is 11.1 Å². The lowest BCUT2D eigenvalue weighted by atomic mass is 10.1. The molecule has 2 aromatic carbocycles. The molecule has 0 unspecified atom stereocenters. The van der Waals surface area contributed by atoms with E-state index in [1.807, 2.05) is 36.5 Å². The fourth-order valence-electron chi connectivity index (χ4n) is 5.14. The number of anilines is 1. The van der Waals surface area contributed by atoms with Crippen LogP contribution in [0.25, 0.3) is 34.1 Å². The maximum Gasteiger partial charge on any atom is 0.251 e. The molecule has 1 amide bonds. The molecule has 43 heavy (non-hydrogen) atoms. The Kier molecular flexibility index (Phi) is 7.35. The standard InChI is InChI=1S/C23H19N7.C9H9NO3/c24-21-18(6-2-11-25-21)22-27-19-9-10-20(29-13-3-12-26-29)28-23(19)30(22)17-8-7-15-4-1-5-16(15)14-17;1-10-9(13)6-2-3-8(12)7(4-6)5-11/h2-3,6-14H,1,4-5H2,(H2,24,25);2-5,12H,1H3,(H,10,13). The third-order valence-electron chi connectivity index (χ3n) is 7.29. The van der Waals surface area contributed by atoms with E-state index >= 15 is 0 Å². The van der Waals surface area contributed by atoms with Crippen LogP contribution >= 0.6 is 0 Å².